The van der Waals surface area contributed by atoms with Gasteiger partial charge in [-0.3, -0.25) is 0 Å². The Bertz CT molecular complexity index is 304. The molecule has 0 saturated heterocycles. The van der Waals surface area contributed by atoms with E-state index in [2.05, 4.69) is 34.8 Å². The highest BCUT2D eigenvalue weighted by Crippen LogP contribution is 2.22. The van der Waals surface area contributed by atoms with Crippen LogP contribution in [0.2, 0.25) is 0 Å². The summed E-state index contributed by atoms with van der Waals surface area (Å²) < 4.78 is 6.69. The highest BCUT2D eigenvalue weighted by molar-refractivity contribution is 9.10. The zero-order chi connectivity index (χ0) is 11.8. The zero-order valence-electron chi connectivity index (χ0n) is 10.1. The maximum atomic E-state index is 5.77. The second kappa shape index (κ2) is 7.66. The van der Waals surface area contributed by atoms with Gasteiger partial charge in [0.25, 0.3) is 0 Å². The van der Waals surface area contributed by atoms with Crippen LogP contribution >= 0.6 is 15.9 Å². The monoisotopic (exact) mass is 285 g/mol. The van der Waals surface area contributed by atoms with Gasteiger partial charge < -0.3 is 4.74 Å². The van der Waals surface area contributed by atoms with Crippen molar-refractivity contribution in [3.05, 3.63) is 22.8 Å². The van der Waals surface area contributed by atoms with Crippen LogP contribution < -0.4 is 4.74 Å². The number of rotatable bonds is 7. The summed E-state index contributed by atoms with van der Waals surface area (Å²) in [5, 5.41) is 0. The molecule has 1 rings (SSSR count). The molecule has 0 N–H and O–H groups in total. The first-order valence-electron chi connectivity index (χ1n) is 6.01. The average Bonchev–Trinajstić information content (AvgIpc) is 2.28. The van der Waals surface area contributed by atoms with Gasteiger partial charge in [0.05, 0.1) is 10.6 Å². The number of halogens is 1. The van der Waals surface area contributed by atoms with E-state index in [1.807, 2.05) is 12.1 Å². The van der Waals surface area contributed by atoms with E-state index in [0.29, 0.717) is 5.88 Å². The fourth-order valence-corrected chi connectivity index (χ4v) is 1.91. The molecule has 3 heteroatoms. The molecule has 0 aliphatic carbocycles. The van der Waals surface area contributed by atoms with Crippen LogP contribution in [-0.4, -0.2) is 11.1 Å². The third-order valence-electron chi connectivity index (χ3n) is 2.50. The summed E-state index contributed by atoms with van der Waals surface area (Å²) in [7, 11) is 0. The number of unbranched alkanes of at least 4 members (excludes halogenated alkanes) is 3. The van der Waals surface area contributed by atoms with Crippen LogP contribution in [0.3, 0.4) is 0 Å². The van der Waals surface area contributed by atoms with E-state index >= 15 is 0 Å². The molecule has 16 heavy (non-hydrogen) atoms. The first-order valence-corrected chi connectivity index (χ1v) is 6.80. The Morgan fingerprint density at radius 3 is 2.88 bits per heavy atom. The van der Waals surface area contributed by atoms with Gasteiger partial charge in [0.2, 0.25) is 5.88 Å². The molecule has 0 amide bonds. The minimum atomic E-state index is 0.239. The third-order valence-corrected chi connectivity index (χ3v) is 3.11. The lowest BCUT2D eigenvalue weighted by Gasteiger charge is -2.14. The zero-order valence-corrected chi connectivity index (χ0v) is 11.7. The lowest BCUT2D eigenvalue weighted by atomic mass is 10.1. The van der Waals surface area contributed by atoms with E-state index in [1.54, 1.807) is 6.20 Å². The van der Waals surface area contributed by atoms with Gasteiger partial charge in [-0.1, -0.05) is 26.2 Å². The van der Waals surface area contributed by atoms with Crippen LogP contribution in [0.25, 0.3) is 0 Å². The van der Waals surface area contributed by atoms with Crippen molar-refractivity contribution in [3.8, 4) is 5.88 Å². The first kappa shape index (κ1) is 13.5. The first-order chi connectivity index (χ1) is 7.74. The largest absolute Gasteiger partial charge is 0.474 e. The predicted octanol–water partition coefficient (Wildman–Crippen LogP) is 4.58. The van der Waals surface area contributed by atoms with Crippen molar-refractivity contribution in [2.24, 2.45) is 0 Å². The summed E-state index contributed by atoms with van der Waals surface area (Å²) in [5.74, 6) is 0.700. The molecule has 0 spiro atoms. The second-order valence-electron chi connectivity index (χ2n) is 4.07. The van der Waals surface area contributed by atoms with Gasteiger partial charge >= 0.3 is 0 Å². The molecule has 1 heterocycles. The maximum Gasteiger partial charge on any atom is 0.228 e. The average molecular weight is 286 g/mol. The van der Waals surface area contributed by atoms with E-state index in [-0.39, 0.29) is 6.10 Å². The summed E-state index contributed by atoms with van der Waals surface area (Å²) in [6.45, 7) is 4.33. The van der Waals surface area contributed by atoms with Gasteiger partial charge in [-0.2, -0.15) is 0 Å². The molecule has 1 unspecified atom stereocenters. The number of pyridine rings is 1. The molecule has 0 aromatic carbocycles. The summed E-state index contributed by atoms with van der Waals surface area (Å²) in [4.78, 5) is 4.19. The molecule has 0 aliphatic heterocycles. The molecule has 1 aromatic heterocycles. The molecule has 0 fully saturated rings. The molecule has 0 saturated carbocycles. The number of ether oxygens (including phenoxy) is 1. The SMILES string of the molecule is CCCCCCC(C)Oc1ncccc1Br. The van der Waals surface area contributed by atoms with Crippen LogP contribution in [-0.2, 0) is 0 Å². The summed E-state index contributed by atoms with van der Waals surface area (Å²) in [6, 6.07) is 3.84. The van der Waals surface area contributed by atoms with Crippen molar-refractivity contribution >= 4 is 15.9 Å². The maximum absolute atomic E-state index is 5.77. The van der Waals surface area contributed by atoms with Gasteiger partial charge in [0.15, 0.2) is 0 Å². The molecule has 0 aliphatic rings. The van der Waals surface area contributed by atoms with Gasteiger partial charge in [-0.05, 0) is 47.8 Å². The van der Waals surface area contributed by atoms with Crippen LogP contribution in [0.5, 0.6) is 5.88 Å². The Morgan fingerprint density at radius 1 is 1.38 bits per heavy atom. The van der Waals surface area contributed by atoms with Crippen molar-refractivity contribution in [2.45, 2.75) is 52.1 Å². The molecule has 1 atom stereocenters. The number of hydrogen-bond donors (Lipinski definition) is 0. The molecule has 90 valence electrons. The lowest BCUT2D eigenvalue weighted by molar-refractivity contribution is 0.197. The molecular weight excluding hydrogens is 266 g/mol. The highest BCUT2D eigenvalue weighted by Gasteiger charge is 2.07. The van der Waals surface area contributed by atoms with E-state index in [9.17, 15) is 0 Å². The fraction of sp³-hybridized carbons (Fsp3) is 0.615. The summed E-state index contributed by atoms with van der Waals surface area (Å²) in [5.41, 5.74) is 0. The van der Waals surface area contributed by atoms with Crippen LogP contribution in [0.4, 0.5) is 0 Å². The Morgan fingerprint density at radius 2 is 2.19 bits per heavy atom. The number of hydrogen-bond acceptors (Lipinski definition) is 2. The third kappa shape index (κ3) is 4.97. The summed E-state index contributed by atoms with van der Waals surface area (Å²) in [6.07, 6.45) is 8.23. The smallest absolute Gasteiger partial charge is 0.228 e. The Hall–Kier alpha value is -0.570. The molecular formula is C13H20BrNO. The standard InChI is InChI=1S/C13H20BrNO/c1-3-4-5-6-8-11(2)16-13-12(14)9-7-10-15-13/h7,9-11H,3-6,8H2,1-2H3. The fourth-order valence-electron chi connectivity index (χ4n) is 1.57. The van der Waals surface area contributed by atoms with Gasteiger partial charge in [0, 0.05) is 6.20 Å². The molecule has 2 nitrogen and oxygen atoms in total. The van der Waals surface area contributed by atoms with Crippen molar-refractivity contribution in [1.29, 1.82) is 0 Å². The van der Waals surface area contributed by atoms with Crippen LogP contribution in [0, 0.1) is 0 Å². The van der Waals surface area contributed by atoms with E-state index in [0.717, 1.165) is 10.9 Å². The van der Waals surface area contributed by atoms with Crippen molar-refractivity contribution in [1.82, 2.24) is 4.98 Å². The Balaban J connectivity index is 2.28. The minimum absolute atomic E-state index is 0.239. The van der Waals surface area contributed by atoms with Crippen LogP contribution in [0.1, 0.15) is 46.0 Å². The lowest BCUT2D eigenvalue weighted by Crippen LogP contribution is -2.12. The van der Waals surface area contributed by atoms with Gasteiger partial charge in [0.1, 0.15) is 0 Å². The quantitative estimate of drug-likeness (QED) is 0.684. The Kier molecular flexibility index (Phi) is 6.46. The molecule has 0 bridgehead atoms. The van der Waals surface area contributed by atoms with Crippen LogP contribution in [0.15, 0.2) is 22.8 Å². The van der Waals surface area contributed by atoms with Crippen molar-refractivity contribution in [3.63, 3.8) is 0 Å². The minimum Gasteiger partial charge on any atom is -0.474 e. The molecule has 1 aromatic rings. The van der Waals surface area contributed by atoms with Gasteiger partial charge in [-0.15, -0.1) is 0 Å². The highest BCUT2D eigenvalue weighted by atomic mass is 79.9. The van der Waals surface area contributed by atoms with E-state index in [4.69, 9.17) is 4.74 Å². The number of nitrogens with zero attached hydrogens (tertiary/aromatic N) is 1. The summed E-state index contributed by atoms with van der Waals surface area (Å²) >= 11 is 3.43. The van der Waals surface area contributed by atoms with Crippen molar-refractivity contribution in [2.75, 3.05) is 0 Å². The molecule has 0 radical (unpaired) electrons. The van der Waals surface area contributed by atoms with Gasteiger partial charge in [-0.25, -0.2) is 4.98 Å². The van der Waals surface area contributed by atoms with Crippen molar-refractivity contribution < 1.29 is 4.74 Å². The Labute approximate surface area is 107 Å². The topological polar surface area (TPSA) is 22.1 Å². The van der Waals surface area contributed by atoms with E-state index < -0.39 is 0 Å². The number of aromatic nitrogens is 1. The second-order valence-corrected chi connectivity index (χ2v) is 4.92. The normalized spacial score (nSPS) is 12.4. The van der Waals surface area contributed by atoms with E-state index in [1.165, 1.54) is 25.7 Å². The predicted molar refractivity (Wildman–Crippen MR) is 70.8 cm³/mol.